The number of Topliss-reactive ketones (excluding diaryl/α,β-unsaturated/α-hetero) is 1. The number of nitrogens with two attached hydrogens (primary N) is 1. The molecule has 1 aromatic heterocycles. The second kappa shape index (κ2) is 4.75. The summed E-state index contributed by atoms with van der Waals surface area (Å²) in [7, 11) is 0. The standard InChI is InChI=1S/C12H6F6N2O2/c13-11(14,15)7-4-9(21)20(19)8-2-1-5(3-6(7)8)10(22)12(16,17)18/h1-4H,19H2. The molecule has 10 heteroatoms. The topological polar surface area (TPSA) is 65.1 Å². The Hall–Kier alpha value is -2.52. The van der Waals surface area contributed by atoms with E-state index < -0.39 is 45.7 Å². The van der Waals surface area contributed by atoms with Crippen LogP contribution in [-0.4, -0.2) is 16.6 Å². The van der Waals surface area contributed by atoms with E-state index in [0.29, 0.717) is 16.8 Å². The van der Waals surface area contributed by atoms with E-state index in [-0.39, 0.29) is 6.07 Å². The summed E-state index contributed by atoms with van der Waals surface area (Å²) in [6.45, 7) is 0. The fourth-order valence-electron chi connectivity index (χ4n) is 1.89. The molecule has 118 valence electrons. The third-order valence-electron chi connectivity index (χ3n) is 2.88. The molecule has 0 saturated carbocycles. The van der Waals surface area contributed by atoms with E-state index in [0.717, 1.165) is 6.07 Å². The number of nitrogen functional groups attached to an aromatic ring is 1. The van der Waals surface area contributed by atoms with Crippen LogP contribution in [0.1, 0.15) is 15.9 Å². The molecule has 0 aliphatic carbocycles. The van der Waals surface area contributed by atoms with Gasteiger partial charge in [0.15, 0.2) is 0 Å². The fourth-order valence-corrected chi connectivity index (χ4v) is 1.89. The molecule has 0 atom stereocenters. The van der Waals surface area contributed by atoms with Gasteiger partial charge in [-0.05, 0) is 18.2 Å². The van der Waals surface area contributed by atoms with E-state index in [1.54, 1.807) is 0 Å². The number of aromatic nitrogens is 1. The van der Waals surface area contributed by atoms with Crippen molar-refractivity contribution >= 4 is 16.7 Å². The number of nitrogens with zero attached hydrogens (tertiary/aromatic N) is 1. The van der Waals surface area contributed by atoms with Crippen LogP contribution < -0.4 is 11.4 Å². The van der Waals surface area contributed by atoms with E-state index in [4.69, 9.17) is 5.84 Å². The highest BCUT2D eigenvalue weighted by Crippen LogP contribution is 2.34. The Morgan fingerprint density at radius 2 is 1.64 bits per heavy atom. The normalized spacial score (nSPS) is 12.6. The molecule has 0 amide bonds. The van der Waals surface area contributed by atoms with Gasteiger partial charge in [-0.25, -0.2) is 4.68 Å². The molecule has 1 heterocycles. The van der Waals surface area contributed by atoms with Crippen LogP contribution in [0.3, 0.4) is 0 Å². The molecule has 0 unspecified atom stereocenters. The van der Waals surface area contributed by atoms with Crippen LogP contribution in [0.5, 0.6) is 0 Å². The minimum absolute atomic E-state index is 0.157. The third kappa shape index (κ3) is 2.63. The molecule has 0 aliphatic rings. The van der Waals surface area contributed by atoms with Crippen molar-refractivity contribution in [2.24, 2.45) is 0 Å². The van der Waals surface area contributed by atoms with E-state index >= 15 is 0 Å². The minimum Gasteiger partial charge on any atom is -0.336 e. The van der Waals surface area contributed by atoms with Gasteiger partial charge < -0.3 is 5.84 Å². The molecule has 0 aliphatic heterocycles. The van der Waals surface area contributed by atoms with Gasteiger partial charge in [-0.3, -0.25) is 9.59 Å². The van der Waals surface area contributed by atoms with E-state index in [9.17, 15) is 35.9 Å². The number of carbonyl (C=O) groups is 1. The van der Waals surface area contributed by atoms with Crippen LogP contribution in [0.25, 0.3) is 10.9 Å². The smallest absolute Gasteiger partial charge is 0.336 e. The maximum absolute atomic E-state index is 12.9. The molecule has 0 fully saturated rings. The van der Waals surface area contributed by atoms with Crippen LogP contribution in [0.15, 0.2) is 29.1 Å². The molecule has 2 N–H and O–H groups in total. The molecule has 0 saturated heterocycles. The Bertz CT molecular complexity index is 819. The quantitative estimate of drug-likeness (QED) is 0.498. The number of pyridine rings is 1. The van der Waals surface area contributed by atoms with Crippen molar-refractivity contribution in [1.29, 1.82) is 0 Å². The number of alkyl halides is 6. The summed E-state index contributed by atoms with van der Waals surface area (Å²) in [6, 6.07) is 1.98. The van der Waals surface area contributed by atoms with Crippen molar-refractivity contribution in [3.8, 4) is 0 Å². The number of halogens is 6. The van der Waals surface area contributed by atoms with Crippen molar-refractivity contribution in [3.63, 3.8) is 0 Å². The zero-order valence-corrected chi connectivity index (χ0v) is 10.4. The van der Waals surface area contributed by atoms with Gasteiger partial charge in [-0.1, -0.05) is 0 Å². The van der Waals surface area contributed by atoms with Gasteiger partial charge >= 0.3 is 12.4 Å². The van der Waals surface area contributed by atoms with Crippen LogP contribution in [0.4, 0.5) is 26.3 Å². The molecule has 2 aromatic rings. The SMILES string of the molecule is Nn1c(=O)cc(C(F)(F)F)c2cc(C(=O)C(F)(F)F)ccc21. The first kappa shape index (κ1) is 15.9. The molecule has 2 rings (SSSR count). The van der Waals surface area contributed by atoms with Gasteiger partial charge in [0.05, 0.1) is 11.1 Å². The third-order valence-corrected chi connectivity index (χ3v) is 2.88. The van der Waals surface area contributed by atoms with Crippen LogP contribution >= 0.6 is 0 Å². The van der Waals surface area contributed by atoms with Gasteiger partial charge in [-0.15, -0.1) is 0 Å². The zero-order valence-electron chi connectivity index (χ0n) is 10.4. The summed E-state index contributed by atoms with van der Waals surface area (Å²) < 4.78 is 76.1. The lowest BCUT2D eigenvalue weighted by atomic mass is 10.0. The van der Waals surface area contributed by atoms with Crippen LogP contribution in [-0.2, 0) is 6.18 Å². The first-order valence-corrected chi connectivity index (χ1v) is 5.56. The van der Waals surface area contributed by atoms with Gasteiger partial charge in [0, 0.05) is 17.0 Å². The average Bonchev–Trinajstić information content (AvgIpc) is 2.39. The van der Waals surface area contributed by atoms with Crippen molar-refractivity contribution in [2.45, 2.75) is 12.4 Å². The predicted octanol–water partition coefficient (Wildman–Crippen LogP) is 2.48. The Morgan fingerprint density at radius 3 is 2.14 bits per heavy atom. The van der Waals surface area contributed by atoms with Gasteiger partial charge in [0.25, 0.3) is 11.3 Å². The molecule has 4 nitrogen and oxygen atoms in total. The zero-order chi connectivity index (χ0) is 16.9. The van der Waals surface area contributed by atoms with Gasteiger partial charge in [0.2, 0.25) is 0 Å². The summed E-state index contributed by atoms with van der Waals surface area (Å²) in [5, 5.41) is -0.773. The number of ketones is 1. The summed E-state index contributed by atoms with van der Waals surface area (Å²) in [5.74, 6) is 2.98. The van der Waals surface area contributed by atoms with Crippen molar-refractivity contribution < 1.29 is 31.1 Å². The summed E-state index contributed by atoms with van der Waals surface area (Å²) >= 11 is 0. The molecular weight excluding hydrogens is 318 g/mol. The van der Waals surface area contributed by atoms with Gasteiger partial charge in [0.1, 0.15) is 0 Å². The summed E-state index contributed by atoms with van der Waals surface area (Å²) in [6.07, 6.45) is -10.2. The van der Waals surface area contributed by atoms with Crippen molar-refractivity contribution in [2.75, 3.05) is 5.84 Å². The Kier molecular flexibility index (Phi) is 3.42. The van der Waals surface area contributed by atoms with E-state index in [2.05, 4.69) is 0 Å². The number of hydrogen-bond acceptors (Lipinski definition) is 3. The lowest BCUT2D eigenvalue weighted by Crippen LogP contribution is -2.29. The van der Waals surface area contributed by atoms with Crippen LogP contribution in [0, 0.1) is 0 Å². The lowest BCUT2D eigenvalue weighted by molar-refractivity contribution is -0.136. The molecule has 0 radical (unpaired) electrons. The number of rotatable bonds is 1. The van der Waals surface area contributed by atoms with E-state index in [1.165, 1.54) is 0 Å². The lowest BCUT2D eigenvalue weighted by Gasteiger charge is -2.13. The molecule has 22 heavy (non-hydrogen) atoms. The Labute approximate surface area is 117 Å². The molecular formula is C12H6F6N2O2. The summed E-state index contributed by atoms with van der Waals surface area (Å²) in [4.78, 5) is 22.5. The average molecular weight is 324 g/mol. The predicted molar refractivity (Wildman–Crippen MR) is 63.7 cm³/mol. The summed E-state index contributed by atoms with van der Waals surface area (Å²) in [5.41, 5.74) is -4.08. The van der Waals surface area contributed by atoms with Gasteiger partial charge in [-0.2, -0.15) is 26.3 Å². The number of hydrogen-bond donors (Lipinski definition) is 1. The number of carbonyl (C=O) groups excluding carboxylic acids is 1. The van der Waals surface area contributed by atoms with Crippen molar-refractivity contribution in [1.82, 2.24) is 4.68 Å². The second-order valence-corrected chi connectivity index (χ2v) is 4.32. The maximum atomic E-state index is 12.9. The highest BCUT2D eigenvalue weighted by molar-refractivity contribution is 6.03. The molecule has 0 spiro atoms. The van der Waals surface area contributed by atoms with Crippen LogP contribution in [0.2, 0.25) is 0 Å². The minimum atomic E-state index is -5.23. The molecule has 1 aromatic carbocycles. The first-order valence-electron chi connectivity index (χ1n) is 5.56. The first-order chi connectivity index (χ1) is 9.93. The fraction of sp³-hybridized carbons (Fsp3) is 0.167. The van der Waals surface area contributed by atoms with E-state index in [1.807, 2.05) is 0 Å². The number of fused-ring (bicyclic) bond motifs is 1. The highest BCUT2D eigenvalue weighted by Gasteiger charge is 2.40. The Balaban J connectivity index is 2.84. The maximum Gasteiger partial charge on any atom is 0.454 e. The van der Waals surface area contributed by atoms with Crippen molar-refractivity contribution in [3.05, 3.63) is 45.7 Å². The monoisotopic (exact) mass is 324 g/mol. The number of benzene rings is 1. The largest absolute Gasteiger partial charge is 0.454 e. The highest BCUT2D eigenvalue weighted by atomic mass is 19.4. The Morgan fingerprint density at radius 1 is 1.05 bits per heavy atom. The molecule has 0 bridgehead atoms. The second-order valence-electron chi connectivity index (χ2n) is 4.32.